The Balaban J connectivity index is 0.00000174. The van der Waals surface area contributed by atoms with Gasteiger partial charge >= 0.3 is 0 Å². The van der Waals surface area contributed by atoms with E-state index in [9.17, 15) is 9.59 Å². The topological polar surface area (TPSA) is 80.1 Å². The van der Waals surface area contributed by atoms with Gasteiger partial charge in [-0.25, -0.2) is 9.97 Å². The average molecular weight is 596 g/mol. The van der Waals surface area contributed by atoms with Crippen molar-refractivity contribution in [2.45, 2.75) is 114 Å². The number of pyridine rings is 1. The molecule has 0 saturated carbocycles. The van der Waals surface area contributed by atoms with Crippen molar-refractivity contribution in [2.75, 3.05) is 25.0 Å². The van der Waals surface area contributed by atoms with Gasteiger partial charge in [0.2, 0.25) is 5.91 Å². The molecule has 7 heteroatoms. The third-order valence-corrected chi connectivity index (χ3v) is 6.73. The van der Waals surface area contributed by atoms with Crippen LogP contribution in [0, 0.1) is 5.92 Å². The van der Waals surface area contributed by atoms with Gasteiger partial charge in [-0.1, -0.05) is 92.5 Å². The van der Waals surface area contributed by atoms with Crippen molar-refractivity contribution in [3.05, 3.63) is 53.3 Å². The van der Waals surface area contributed by atoms with Crippen molar-refractivity contribution < 1.29 is 9.59 Å². The van der Waals surface area contributed by atoms with Crippen LogP contribution in [0.15, 0.2) is 36.4 Å². The molecule has 1 aromatic carbocycles. The van der Waals surface area contributed by atoms with Gasteiger partial charge in [0.25, 0.3) is 0 Å². The lowest BCUT2D eigenvalue weighted by Gasteiger charge is -2.21. The zero-order valence-corrected chi connectivity index (χ0v) is 29.2. The Morgan fingerprint density at radius 1 is 0.953 bits per heavy atom. The number of carbonyl (C=O) groups is 2. The summed E-state index contributed by atoms with van der Waals surface area (Å²) in [5, 5.41) is 2.93. The van der Waals surface area contributed by atoms with Crippen LogP contribution in [0.3, 0.4) is 0 Å². The number of aryl methyl sites for hydroxylation is 2. The Kier molecular flexibility index (Phi) is 21.7. The Morgan fingerprint density at radius 3 is 2.07 bits per heavy atom. The highest BCUT2D eigenvalue weighted by atomic mass is 16.2. The van der Waals surface area contributed by atoms with Gasteiger partial charge in [0.05, 0.1) is 0 Å². The highest BCUT2D eigenvalue weighted by Crippen LogP contribution is 2.22. The Morgan fingerprint density at radius 2 is 1.56 bits per heavy atom. The molecule has 0 saturated heterocycles. The molecule has 43 heavy (non-hydrogen) atoms. The largest absolute Gasteiger partial charge is 0.320 e. The number of rotatable bonds is 13. The number of unbranched alkanes of at least 4 members (excludes halogenated alkanes) is 1. The SMILES string of the molecule is CC.CCC.CCCCN(C(=O)CCC)c1ccc2nc(CCC(C)Cc3ccc(C(C)=O)cc3)n(C)c2n1.CCNC. The van der Waals surface area contributed by atoms with E-state index in [1.807, 2.05) is 64.0 Å². The molecule has 1 N–H and O–H groups in total. The van der Waals surface area contributed by atoms with Gasteiger partial charge in [-0.05, 0) is 69.8 Å². The minimum atomic E-state index is 0.0985. The second-order valence-electron chi connectivity index (χ2n) is 10.8. The predicted octanol–water partition coefficient (Wildman–Crippen LogP) is 8.58. The van der Waals surface area contributed by atoms with Gasteiger partial charge in [0, 0.05) is 32.0 Å². The number of nitrogens with zero attached hydrogens (tertiary/aromatic N) is 4. The quantitative estimate of drug-likeness (QED) is 0.200. The highest BCUT2D eigenvalue weighted by Gasteiger charge is 2.18. The van der Waals surface area contributed by atoms with E-state index in [2.05, 4.69) is 56.6 Å². The molecule has 1 unspecified atom stereocenters. The van der Waals surface area contributed by atoms with Crippen LogP contribution in [-0.4, -0.2) is 46.4 Å². The van der Waals surface area contributed by atoms with Crippen molar-refractivity contribution in [3.63, 3.8) is 0 Å². The number of nitrogens with one attached hydrogen (secondary N) is 1. The summed E-state index contributed by atoms with van der Waals surface area (Å²) < 4.78 is 2.06. The van der Waals surface area contributed by atoms with Crippen LogP contribution in [0.25, 0.3) is 11.2 Å². The van der Waals surface area contributed by atoms with Crippen molar-refractivity contribution in [3.8, 4) is 0 Å². The molecule has 0 radical (unpaired) electrons. The number of fused-ring (bicyclic) bond motifs is 1. The molecule has 242 valence electrons. The van der Waals surface area contributed by atoms with Gasteiger partial charge in [0.15, 0.2) is 11.4 Å². The summed E-state index contributed by atoms with van der Waals surface area (Å²) in [5.41, 5.74) is 3.70. The average Bonchev–Trinajstić information content (AvgIpc) is 3.32. The first-order valence-electron chi connectivity index (χ1n) is 16.5. The lowest BCUT2D eigenvalue weighted by Crippen LogP contribution is -2.32. The van der Waals surface area contributed by atoms with Gasteiger partial charge < -0.3 is 9.88 Å². The normalized spacial score (nSPS) is 10.9. The number of hydrogen-bond donors (Lipinski definition) is 1. The van der Waals surface area contributed by atoms with E-state index in [1.54, 1.807) is 6.92 Å². The van der Waals surface area contributed by atoms with Gasteiger partial charge in [0.1, 0.15) is 17.2 Å². The maximum Gasteiger partial charge on any atom is 0.228 e. The Hall–Kier alpha value is -3.06. The summed E-state index contributed by atoms with van der Waals surface area (Å²) in [7, 11) is 3.94. The summed E-state index contributed by atoms with van der Waals surface area (Å²) in [6, 6.07) is 11.8. The molecule has 1 amide bonds. The van der Waals surface area contributed by atoms with Crippen LogP contribution in [0.2, 0.25) is 0 Å². The van der Waals surface area contributed by atoms with E-state index < -0.39 is 0 Å². The summed E-state index contributed by atoms with van der Waals surface area (Å²) in [6.45, 7) is 20.1. The fourth-order valence-electron chi connectivity index (χ4n) is 4.26. The van der Waals surface area contributed by atoms with E-state index in [-0.39, 0.29) is 11.7 Å². The molecule has 0 aliphatic rings. The van der Waals surface area contributed by atoms with Crippen molar-refractivity contribution in [2.24, 2.45) is 13.0 Å². The monoisotopic (exact) mass is 595 g/mol. The zero-order valence-electron chi connectivity index (χ0n) is 29.2. The lowest BCUT2D eigenvalue weighted by atomic mass is 9.95. The molecule has 0 aliphatic carbocycles. The van der Waals surface area contributed by atoms with E-state index in [0.717, 1.165) is 73.4 Å². The van der Waals surface area contributed by atoms with Crippen LogP contribution in [0.1, 0.15) is 123 Å². The fraction of sp³-hybridized carbons (Fsp3) is 0.611. The predicted molar refractivity (Wildman–Crippen MR) is 185 cm³/mol. The number of ketones is 1. The molecule has 1 atom stereocenters. The van der Waals surface area contributed by atoms with E-state index in [4.69, 9.17) is 9.97 Å². The number of aromatic nitrogens is 3. The van der Waals surface area contributed by atoms with Crippen LogP contribution >= 0.6 is 0 Å². The number of amides is 1. The third kappa shape index (κ3) is 14.3. The second-order valence-corrected chi connectivity index (χ2v) is 10.8. The number of hydrogen-bond acceptors (Lipinski definition) is 5. The maximum absolute atomic E-state index is 12.7. The van der Waals surface area contributed by atoms with E-state index >= 15 is 0 Å². The number of anilines is 1. The first kappa shape index (κ1) is 39.9. The first-order valence-corrected chi connectivity index (χ1v) is 16.5. The Labute approximate surface area is 262 Å². The van der Waals surface area contributed by atoms with Crippen LogP contribution < -0.4 is 10.2 Å². The highest BCUT2D eigenvalue weighted by molar-refractivity contribution is 5.94. The number of Topliss-reactive ketones (excluding diaryl/α,β-unsaturated/α-hetero) is 1. The summed E-state index contributed by atoms with van der Waals surface area (Å²) in [5.74, 6) is 2.45. The van der Waals surface area contributed by atoms with Crippen LogP contribution in [-0.2, 0) is 24.7 Å². The van der Waals surface area contributed by atoms with Crippen molar-refractivity contribution in [1.29, 1.82) is 0 Å². The van der Waals surface area contributed by atoms with Crippen LogP contribution in [0.5, 0.6) is 0 Å². The van der Waals surface area contributed by atoms with Gasteiger partial charge in [-0.3, -0.25) is 14.5 Å². The summed E-state index contributed by atoms with van der Waals surface area (Å²) in [6.07, 6.45) is 7.46. The van der Waals surface area contributed by atoms with Crippen LogP contribution in [0.4, 0.5) is 5.82 Å². The molecule has 3 aromatic rings. The molecular weight excluding hydrogens is 534 g/mol. The number of carbonyl (C=O) groups excluding carboxylic acids is 2. The molecule has 2 aromatic heterocycles. The third-order valence-electron chi connectivity index (χ3n) is 6.73. The molecule has 3 rings (SSSR count). The van der Waals surface area contributed by atoms with Gasteiger partial charge in [-0.2, -0.15) is 0 Å². The molecule has 0 fully saturated rings. The molecule has 7 nitrogen and oxygen atoms in total. The Bertz CT molecular complexity index is 1170. The van der Waals surface area contributed by atoms with Crippen molar-refractivity contribution >= 4 is 28.7 Å². The molecular formula is C36H61N5O2. The minimum absolute atomic E-state index is 0.0985. The summed E-state index contributed by atoms with van der Waals surface area (Å²) >= 11 is 0. The van der Waals surface area contributed by atoms with Gasteiger partial charge in [-0.15, -0.1) is 0 Å². The maximum atomic E-state index is 12.7. The lowest BCUT2D eigenvalue weighted by molar-refractivity contribution is -0.118. The van der Waals surface area contributed by atoms with E-state index in [1.165, 1.54) is 12.0 Å². The molecule has 0 spiro atoms. The van der Waals surface area contributed by atoms with Crippen molar-refractivity contribution in [1.82, 2.24) is 19.9 Å². The molecule has 2 heterocycles. The summed E-state index contributed by atoms with van der Waals surface area (Å²) in [4.78, 5) is 35.7. The fourth-order valence-corrected chi connectivity index (χ4v) is 4.26. The molecule has 0 bridgehead atoms. The minimum Gasteiger partial charge on any atom is -0.320 e. The van der Waals surface area contributed by atoms with E-state index in [0.29, 0.717) is 18.9 Å². The smallest absolute Gasteiger partial charge is 0.228 e. The molecule has 0 aliphatic heterocycles. The first-order chi connectivity index (χ1) is 20.7. The number of imidazole rings is 1. The standard InChI is InChI=1S/C28H38N4O2.C3H9N.C3H8.C2H6/c1-6-8-18-32(27(34)9-7-2)26-17-15-24-28(30-26)31(5)25(29-24)16-10-20(3)19-22-11-13-23(14-12-22)21(4)33;1-3-4-2;1-3-2;1-2/h11-15,17,20H,6-10,16,18-19H2,1-5H3;4H,3H2,1-2H3;3H2,1-2H3;1-2H3. The second kappa shape index (κ2) is 23.4. The zero-order chi connectivity index (χ0) is 32.8. The number of benzene rings is 1.